The lowest BCUT2D eigenvalue weighted by molar-refractivity contribution is -0.352. The van der Waals surface area contributed by atoms with Crippen molar-refractivity contribution < 1.29 is 36.9 Å². The predicted molar refractivity (Wildman–Crippen MR) is 72.7 cm³/mol. The number of rotatable bonds is 7. The minimum Gasteiger partial charge on any atom is -0.263 e. The Labute approximate surface area is 135 Å². The van der Waals surface area contributed by atoms with Gasteiger partial charge in [0.1, 0.15) is 0 Å². The minimum absolute atomic E-state index is 0.166. The third kappa shape index (κ3) is 2.80. The van der Waals surface area contributed by atoms with Gasteiger partial charge >= 0.3 is 15.6 Å². The average molecular weight is 384 g/mol. The average Bonchev–Trinajstić information content (AvgIpc) is 2.47. The number of nitrogens with one attached hydrogen (secondary N) is 2. The van der Waals surface area contributed by atoms with Crippen molar-refractivity contribution in [1.82, 2.24) is 20.6 Å². The first-order valence-corrected chi connectivity index (χ1v) is 10.0. The number of guanidine groups is 2. The number of hydrogen-bond donors (Lipinski definition) is 2. The maximum Gasteiger partial charge on any atom is 0.544 e. The van der Waals surface area contributed by atoms with Crippen LogP contribution in [0.1, 0.15) is 25.7 Å². The van der Waals surface area contributed by atoms with Crippen molar-refractivity contribution in [1.29, 1.82) is 10.8 Å². The summed E-state index contributed by atoms with van der Waals surface area (Å²) in [5.74, 6) is -0.332. The van der Waals surface area contributed by atoms with Gasteiger partial charge in [0.2, 0.25) is 0 Å². The molecule has 0 aromatic heterocycles. The zero-order valence-corrected chi connectivity index (χ0v) is 14.0. The highest BCUT2D eigenvalue weighted by atomic mass is 31.2. The number of nitrogens with zero attached hydrogens (tertiary/aromatic N) is 4. The quantitative estimate of drug-likeness (QED) is 0.483. The highest BCUT2D eigenvalue weighted by Gasteiger charge is 2.56. The van der Waals surface area contributed by atoms with Crippen LogP contribution in [0, 0.1) is 10.8 Å². The molecule has 0 aromatic carbocycles. The summed E-state index contributed by atoms with van der Waals surface area (Å²) in [6.45, 7) is 0.736. The van der Waals surface area contributed by atoms with E-state index in [2.05, 4.69) is 18.5 Å². The van der Waals surface area contributed by atoms with E-state index in [1.54, 1.807) is 0 Å². The molecule has 6 fully saturated rings. The zero-order valence-electron chi connectivity index (χ0n) is 12.2. The van der Waals surface area contributed by atoms with Crippen LogP contribution in [0.3, 0.4) is 0 Å². The van der Waals surface area contributed by atoms with E-state index >= 15 is 0 Å². The van der Waals surface area contributed by atoms with Crippen molar-refractivity contribution in [3.05, 3.63) is 0 Å². The summed E-state index contributed by atoms with van der Waals surface area (Å²) < 4.78 is 51.5. The topological polar surface area (TPSA) is 150 Å². The van der Waals surface area contributed by atoms with Crippen molar-refractivity contribution in [2.24, 2.45) is 0 Å². The van der Waals surface area contributed by atoms with E-state index in [0.717, 1.165) is 23.3 Å². The standard InChI is InChI=1S/C8H14N6O8P2/c9-7-11(17-23(15)19-13(7)20-23)5-3-1-2-4-6-12-8(10)14-21-24(16,18-12)22-14/h9-10H,1-6H2. The first-order valence-electron chi connectivity index (χ1n) is 7.08. The van der Waals surface area contributed by atoms with Gasteiger partial charge in [0.25, 0.3) is 11.9 Å². The summed E-state index contributed by atoms with van der Waals surface area (Å²) in [5.41, 5.74) is 0. The molecule has 0 unspecified atom stereocenters. The third-order valence-electron chi connectivity index (χ3n) is 3.38. The molecule has 0 radical (unpaired) electrons. The molecule has 0 saturated carbocycles. The first kappa shape index (κ1) is 16.2. The van der Waals surface area contributed by atoms with E-state index in [9.17, 15) is 9.13 Å². The maximum atomic E-state index is 11.5. The second kappa shape index (κ2) is 5.64. The van der Waals surface area contributed by atoms with Crippen LogP contribution >= 0.6 is 15.6 Å². The fourth-order valence-electron chi connectivity index (χ4n) is 2.25. The van der Waals surface area contributed by atoms with Crippen LogP contribution in [0.15, 0.2) is 0 Å². The van der Waals surface area contributed by atoms with Crippen molar-refractivity contribution in [3.63, 3.8) is 0 Å². The van der Waals surface area contributed by atoms with Crippen molar-refractivity contribution in [2.45, 2.75) is 25.7 Å². The molecule has 0 aliphatic carbocycles. The number of hydroxylamine groups is 8. The lowest BCUT2D eigenvalue weighted by atomic mass is 10.2. The second-order valence-corrected chi connectivity index (χ2v) is 7.93. The monoisotopic (exact) mass is 384 g/mol. The summed E-state index contributed by atoms with van der Waals surface area (Å²) in [6, 6.07) is 0. The van der Waals surface area contributed by atoms with Crippen molar-refractivity contribution >= 4 is 27.6 Å². The van der Waals surface area contributed by atoms with Gasteiger partial charge in [0, 0.05) is 13.1 Å². The Hall–Kier alpha value is -1.24. The highest BCUT2D eigenvalue weighted by molar-refractivity contribution is 7.49. The molecule has 6 aliphatic rings. The van der Waals surface area contributed by atoms with Gasteiger partial charge in [-0.2, -0.15) is 9.25 Å². The Bertz CT molecular complexity index is 599. The molecule has 6 rings (SSSR count). The zero-order chi connectivity index (χ0) is 16.9. The van der Waals surface area contributed by atoms with Gasteiger partial charge in [-0.3, -0.25) is 10.8 Å². The summed E-state index contributed by atoms with van der Waals surface area (Å²) in [5, 5.41) is 19.1. The van der Waals surface area contributed by atoms with Gasteiger partial charge in [-0.1, -0.05) is 23.3 Å². The summed E-state index contributed by atoms with van der Waals surface area (Å²) in [7, 11) is -7.04. The van der Waals surface area contributed by atoms with Gasteiger partial charge in [-0.25, -0.2) is 19.3 Å². The van der Waals surface area contributed by atoms with Crippen LogP contribution in [0.4, 0.5) is 0 Å². The van der Waals surface area contributed by atoms with Gasteiger partial charge in [0.05, 0.1) is 0 Å². The molecule has 0 atom stereocenters. The fourth-order valence-corrected chi connectivity index (χ4v) is 4.23. The maximum absolute atomic E-state index is 11.5. The molecule has 6 aliphatic heterocycles. The molecule has 0 spiro atoms. The van der Waals surface area contributed by atoms with E-state index in [4.69, 9.17) is 20.1 Å². The van der Waals surface area contributed by atoms with Crippen LogP contribution in [-0.2, 0) is 36.9 Å². The molecule has 0 aromatic rings. The van der Waals surface area contributed by atoms with Crippen molar-refractivity contribution in [3.8, 4) is 0 Å². The number of hydrogen-bond acceptors (Lipinski definition) is 10. The first-order chi connectivity index (χ1) is 11.4. The molecule has 6 saturated heterocycles. The molecular formula is C8H14N6O8P2. The number of phosphoric acid groups is 2. The molecule has 24 heavy (non-hydrogen) atoms. The van der Waals surface area contributed by atoms with E-state index in [-0.39, 0.29) is 11.9 Å². The summed E-state index contributed by atoms with van der Waals surface area (Å²) in [4.78, 5) is 0. The van der Waals surface area contributed by atoms with Gasteiger partial charge in [0.15, 0.2) is 0 Å². The van der Waals surface area contributed by atoms with E-state index in [1.165, 1.54) is 10.1 Å². The van der Waals surface area contributed by atoms with E-state index in [1.807, 2.05) is 0 Å². The predicted octanol–water partition coefficient (Wildman–Crippen LogP) is 1.48. The molecule has 14 nitrogen and oxygen atoms in total. The molecule has 2 N–H and O–H groups in total. The Kier molecular flexibility index (Phi) is 3.82. The van der Waals surface area contributed by atoms with Crippen LogP contribution in [-0.4, -0.2) is 45.6 Å². The Morgan fingerprint density at radius 1 is 0.667 bits per heavy atom. The lowest BCUT2D eigenvalue weighted by Gasteiger charge is -2.44. The lowest BCUT2D eigenvalue weighted by Crippen LogP contribution is -2.54. The Morgan fingerprint density at radius 2 is 1.04 bits per heavy atom. The third-order valence-corrected chi connectivity index (χ3v) is 5.57. The van der Waals surface area contributed by atoms with E-state index < -0.39 is 15.6 Å². The van der Waals surface area contributed by atoms with Crippen LogP contribution in [0.25, 0.3) is 0 Å². The van der Waals surface area contributed by atoms with Gasteiger partial charge < -0.3 is 0 Å². The van der Waals surface area contributed by atoms with Crippen LogP contribution < -0.4 is 0 Å². The van der Waals surface area contributed by atoms with Gasteiger partial charge in [-0.05, 0) is 12.8 Å². The molecule has 4 bridgehead atoms. The number of fused-ring (bicyclic) bond motifs is 4. The Morgan fingerprint density at radius 3 is 1.42 bits per heavy atom. The summed E-state index contributed by atoms with van der Waals surface area (Å²) in [6.07, 6.45) is 2.97. The van der Waals surface area contributed by atoms with Crippen LogP contribution in [0.2, 0.25) is 0 Å². The van der Waals surface area contributed by atoms with Crippen molar-refractivity contribution in [2.75, 3.05) is 13.1 Å². The molecular weight excluding hydrogens is 370 g/mol. The molecule has 0 amide bonds. The summed E-state index contributed by atoms with van der Waals surface area (Å²) >= 11 is 0. The van der Waals surface area contributed by atoms with Crippen LogP contribution in [0.5, 0.6) is 0 Å². The largest absolute Gasteiger partial charge is 0.544 e. The SMILES string of the molecule is N=C1N(CCCCCCN2OP3(=O)ON(O3)C2=N)OP2(=O)ON1O2. The molecule has 6 heterocycles. The second-order valence-electron chi connectivity index (χ2n) is 5.16. The smallest absolute Gasteiger partial charge is 0.263 e. The minimum atomic E-state index is -3.52. The van der Waals surface area contributed by atoms with Gasteiger partial charge in [-0.15, -0.1) is 18.5 Å². The number of unbranched alkanes of at least 4 members (excludes halogenated alkanes) is 3. The van der Waals surface area contributed by atoms with E-state index in [0.29, 0.717) is 25.9 Å². The fraction of sp³-hybridized carbons (Fsp3) is 0.750. The molecule has 134 valence electrons. The highest BCUT2D eigenvalue weighted by Crippen LogP contribution is 2.63. The normalized spacial score (nSPS) is 34.3. The molecule has 16 heteroatoms. The Balaban J connectivity index is 1.12.